The summed E-state index contributed by atoms with van der Waals surface area (Å²) in [6.07, 6.45) is 1.31. The van der Waals surface area contributed by atoms with Crippen LogP contribution in [0.1, 0.15) is 23.2 Å². The second kappa shape index (κ2) is 6.31. The molecular weight excluding hydrogens is 318 g/mol. The van der Waals surface area contributed by atoms with Crippen molar-refractivity contribution in [3.8, 4) is 0 Å². The Morgan fingerprint density at radius 3 is 2.52 bits per heavy atom. The third-order valence-electron chi connectivity index (χ3n) is 3.54. The van der Waals surface area contributed by atoms with Crippen LogP contribution in [0.5, 0.6) is 0 Å². The van der Waals surface area contributed by atoms with Crippen LogP contribution in [0.3, 0.4) is 0 Å². The molecule has 0 saturated carbocycles. The van der Waals surface area contributed by atoms with Crippen molar-refractivity contribution in [1.82, 2.24) is 4.31 Å². The number of rotatable bonds is 4. The second-order valence-electron chi connectivity index (χ2n) is 4.79. The fourth-order valence-electron chi connectivity index (χ4n) is 2.29. The molecule has 0 aliphatic carbocycles. The van der Waals surface area contributed by atoms with Crippen molar-refractivity contribution >= 4 is 27.6 Å². The highest BCUT2D eigenvalue weighted by atomic mass is 35.5. The number of ether oxygens (including phenoxy) is 1. The van der Waals surface area contributed by atoms with E-state index in [9.17, 15) is 13.2 Å². The molecule has 1 aromatic rings. The lowest BCUT2D eigenvalue weighted by Gasteiger charge is -2.30. The minimum absolute atomic E-state index is 0.0135. The van der Waals surface area contributed by atoms with E-state index in [1.807, 2.05) is 0 Å². The van der Waals surface area contributed by atoms with Gasteiger partial charge in [0.1, 0.15) is 0 Å². The summed E-state index contributed by atoms with van der Waals surface area (Å²) in [6.45, 7) is 0.706. The van der Waals surface area contributed by atoms with E-state index in [4.69, 9.17) is 21.4 Å². The predicted molar refractivity (Wildman–Crippen MR) is 77.2 cm³/mol. The number of carboxylic acids is 1. The van der Waals surface area contributed by atoms with Gasteiger partial charge in [-0.05, 0) is 31.0 Å². The van der Waals surface area contributed by atoms with Crippen LogP contribution in [-0.2, 0) is 14.8 Å². The molecular formula is C13H16ClNO5S. The van der Waals surface area contributed by atoms with Crippen LogP contribution in [0.15, 0.2) is 23.1 Å². The molecule has 6 nitrogen and oxygen atoms in total. The molecule has 1 N–H and O–H groups in total. The predicted octanol–water partition coefficient (Wildman–Crippen LogP) is 1.84. The lowest BCUT2D eigenvalue weighted by molar-refractivity contribution is 0.0604. The van der Waals surface area contributed by atoms with E-state index < -0.39 is 16.0 Å². The first kappa shape index (κ1) is 16.2. The van der Waals surface area contributed by atoms with Crippen molar-refractivity contribution in [1.29, 1.82) is 0 Å². The Kier molecular flexibility index (Phi) is 4.88. The number of carboxylic acid groups (broad SMARTS) is 1. The molecule has 1 heterocycles. The van der Waals surface area contributed by atoms with Gasteiger partial charge in [0.15, 0.2) is 0 Å². The van der Waals surface area contributed by atoms with E-state index >= 15 is 0 Å². The minimum atomic E-state index is -3.71. The number of hydrogen-bond donors (Lipinski definition) is 1. The first-order valence-electron chi connectivity index (χ1n) is 6.42. The zero-order valence-corrected chi connectivity index (χ0v) is 13.0. The summed E-state index contributed by atoms with van der Waals surface area (Å²) in [5.74, 6) is -1.25. The summed E-state index contributed by atoms with van der Waals surface area (Å²) < 4.78 is 31.6. The SMILES string of the molecule is COC1CCN(S(=O)(=O)c2ccc(Cl)c(C(=O)O)c2)CC1. The van der Waals surface area contributed by atoms with Gasteiger partial charge in [-0.25, -0.2) is 13.2 Å². The van der Waals surface area contributed by atoms with Crippen molar-refractivity contribution in [2.24, 2.45) is 0 Å². The van der Waals surface area contributed by atoms with Gasteiger partial charge in [-0.1, -0.05) is 11.6 Å². The molecule has 0 radical (unpaired) electrons. The number of halogens is 1. The third kappa shape index (κ3) is 3.37. The van der Waals surface area contributed by atoms with Crippen LogP contribution in [0.2, 0.25) is 5.02 Å². The molecule has 0 unspecified atom stereocenters. The van der Waals surface area contributed by atoms with E-state index in [2.05, 4.69) is 0 Å². The monoisotopic (exact) mass is 333 g/mol. The quantitative estimate of drug-likeness (QED) is 0.908. The molecule has 0 atom stereocenters. The van der Waals surface area contributed by atoms with Crippen molar-refractivity contribution in [3.05, 3.63) is 28.8 Å². The fourth-order valence-corrected chi connectivity index (χ4v) is 3.98. The molecule has 1 aliphatic heterocycles. The lowest BCUT2D eigenvalue weighted by Crippen LogP contribution is -2.40. The molecule has 1 saturated heterocycles. The maximum absolute atomic E-state index is 12.5. The van der Waals surface area contributed by atoms with Gasteiger partial charge in [0, 0.05) is 20.2 Å². The molecule has 1 aliphatic rings. The van der Waals surface area contributed by atoms with E-state index in [1.165, 1.54) is 16.4 Å². The van der Waals surface area contributed by atoms with Crippen molar-refractivity contribution in [2.75, 3.05) is 20.2 Å². The molecule has 116 valence electrons. The molecule has 0 amide bonds. The van der Waals surface area contributed by atoms with Gasteiger partial charge in [-0.3, -0.25) is 0 Å². The standard InChI is InChI=1S/C13H16ClNO5S/c1-20-9-4-6-15(7-5-9)21(18,19)10-2-3-12(14)11(8-10)13(16)17/h2-3,8-9H,4-7H2,1H3,(H,16,17). The first-order chi connectivity index (χ1) is 9.86. The molecule has 8 heteroatoms. The Morgan fingerprint density at radius 1 is 1.38 bits per heavy atom. The fraction of sp³-hybridized carbons (Fsp3) is 0.462. The van der Waals surface area contributed by atoms with Gasteiger partial charge in [-0.15, -0.1) is 0 Å². The lowest BCUT2D eigenvalue weighted by atomic mass is 10.1. The maximum atomic E-state index is 12.5. The molecule has 0 aromatic heterocycles. The normalized spacial score (nSPS) is 17.8. The van der Waals surface area contributed by atoms with Gasteiger partial charge < -0.3 is 9.84 Å². The minimum Gasteiger partial charge on any atom is -0.478 e. The number of hydrogen-bond acceptors (Lipinski definition) is 4. The largest absolute Gasteiger partial charge is 0.478 e. The molecule has 0 bridgehead atoms. The summed E-state index contributed by atoms with van der Waals surface area (Å²) in [5.41, 5.74) is -0.218. The van der Waals surface area contributed by atoms with Crippen LogP contribution >= 0.6 is 11.6 Å². The van der Waals surface area contributed by atoms with Gasteiger partial charge >= 0.3 is 5.97 Å². The Morgan fingerprint density at radius 2 is 2.00 bits per heavy atom. The number of methoxy groups -OCH3 is 1. The average molecular weight is 334 g/mol. The Hall–Kier alpha value is -1.15. The molecule has 2 rings (SSSR count). The smallest absolute Gasteiger partial charge is 0.337 e. The van der Waals surface area contributed by atoms with Crippen LogP contribution < -0.4 is 0 Å². The number of piperidine rings is 1. The zero-order chi connectivity index (χ0) is 15.6. The van der Waals surface area contributed by atoms with Crippen LogP contribution in [0.25, 0.3) is 0 Å². The molecule has 0 spiro atoms. The van der Waals surface area contributed by atoms with Crippen molar-refractivity contribution in [3.63, 3.8) is 0 Å². The Balaban J connectivity index is 2.28. The van der Waals surface area contributed by atoms with Gasteiger partial charge in [0.05, 0.1) is 21.6 Å². The average Bonchev–Trinajstić information content (AvgIpc) is 2.47. The summed E-state index contributed by atoms with van der Waals surface area (Å²) in [5, 5.41) is 9.04. The number of aromatic carboxylic acids is 1. The summed E-state index contributed by atoms with van der Waals surface area (Å²) in [7, 11) is -2.11. The second-order valence-corrected chi connectivity index (χ2v) is 7.13. The van der Waals surface area contributed by atoms with Gasteiger partial charge in [0.25, 0.3) is 0 Å². The highest BCUT2D eigenvalue weighted by Gasteiger charge is 2.30. The Bertz CT molecular complexity index is 638. The van der Waals surface area contributed by atoms with Crippen LogP contribution in [0.4, 0.5) is 0 Å². The highest BCUT2D eigenvalue weighted by Crippen LogP contribution is 2.25. The first-order valence-corrected chi connectivity index (χ1v) is 8.24. The van der Waals surface area contributed by atoms with Gasteiger partial charge in [-0.2, -0.15) is 4.31 Å². The maximum Gasteiger partial charge on any atom is 0.337 e. The van der Waals surface area contributed by atoms with Crippen molar-refractivity contribution < 1.29 is 23.1 Å². The highest BCUT2D eigenvalue weighted by molar-refractivity contribution is 7.89. The van der Waals surface area contributed by atoms with Gasteiger partial charge in [0.2, 0.25) is 10.0 Å². The third-order valence-corrected chi connectivity index (χ3v) is 5.76. The van der Waals surface area contributed by atoms with E-state index in [0.717, 1.165) is 6.07 Å². The summed E-state index contributed by atoms with van der Waals surface area (Å²) in [6, 6.07) is 3.72. The summed E-state index contributed by atoms with van der Waals surface area (Å²) >= 11 is 5.76. The topological polar surface area (TPSA) is 83.9 Å². The molecule has 21 heavy (non-hydrogen) atoms. The van der Waals surface area contributed by atoms with Crippen LogP contribution in [0, 0.1) is 0 Å². The van der Waals surface area contributed by atoms with Crippen LogP contribution in [-0.4, -0.2) is 50.1 Å². The number of benzene rings is 1. The van der Waals surface area contributed by atoms with E-state index in [1.54, 1.807) is 7.11 Å². The molecule has 1 fully saturated rings. The zero-order valence-electron chi connectivity index (χ0n) is 11.5. The number of nitrogens with zero attached hydrogens (tertiary/aromatic N) is 1. The van der Waals surface area contributed by atoms with E-state index in [0.29, 0.717) is 25.9 Å². The van der Waals surface area contributed by atoms with E-state index in [-0.39, 0.29) is 21.6 Å². The summed E-state index contributed by atoms with van der Waals surface area (Å²) in [4.78, 5) is 11.0. The number of sulfonamides is 1. The number of carbonyl (C=O) groups is 1. The molecule has 1 aromatic carbocycles. The Labute approximate surface area is 128 Å². The van der Waals surface area contributed by atoms with Crippen molar-refractivity contribution in [2.45, 2.75) is 23.8 Å².